The van der Waals surface area contributed by atoms with Crippen LogP contribution in [0, 0.1) is 19.7 Å². The number of nitrogens with zero attached hydrogens (tertiary/aromatic N) is 2. The van der Waals surface area contributed by atoms with Crippen molar-refractivity contribution in [3.8, 4) is 0 Å². The zero-order valence-corrected chi connectivity index (χ0v) is 18.3. The lowest BCUT2D eigenvalue weighted by Gasteiger charge is -2.22. The van der Waals surface area contributed by atoms with Crippen LogP contribution in [0.1, 0.15) is 69.7 Å². The fourth-order valence-electron chi connectivity index (χ4n) is 3.74. The lowest BCUT2D eigenvalue weighted by Crippen LogP contribution is -2.36. The molecule has 0 saturated heterocycles. The number of esters is 1. The van der Waals surface area contributed by atoms with Gasteiger partial charge in [-0.15, -0.1) is 0 Å². The molecule has 6 nitrogen and oxygen atoms in total. The molecule has 2 rings (SSSR count). The second-order valence-corrected chi connectivity index (χ2v) is 7.06. The summed E-state index contributed by atoms with van der Waals surface area (Å²) in [5, 5.41) is 0. The van der Waals surface area contributed by atoms with Crippen molar-refractivity contribution in [3.63, 3.8) is 0 Å². The molecule has 0 atom stereocenters. The maximum Gasteiger partial charge on any atom is 0.355 e. The number of ether oxygens (including phenoxy) is 1. The minimum absolute atomic E-state index is 0.152. The highest BCUT2D eigenvalue weighted by Gasteiger charge is 2.28. The Kier molecular flexibility index (Phi) is 7.92. The van der Waals surface area contributed by atoms with Crippen LogP contribution < -0.4 is 0 Å². The van der Waals surface area contributed by atoms with Crippen molar-refractivity contribution in [2.75, 3.05) is 19.7 Å². The molecule has 2 aromatic rings. The summed E-state index contributed by atoms with van der Waals surface area (Å²) < 4.78 is 20.5. The fraction of sp³-hybridized carbons (Fsp3) is 0.435. The number of carbonyl (C=O) groups is 3. The Morgan fingerprint density at radius 1 is 1.13 bits per heavy atom. The zero-order valence-electron chi connectivity index (χ0n) is 18.3. The van der Waals surface area contributed by atoms with Crippen LogP contribution in [0.25, 0.3) is 0 Å². The Hall–Kier alpha value is -2.96. The summed E-state index contributed by atoms with van der Waals surface area (Å²) in [6.07, 6.45) is 0.649. The quantitative estimate of drug-likeness (QED) is 0.454. The monoisotopic (exact) mass is 416 g/mol. The van der Waals surface area contributed by atoms with Gasteiger partial charge >= 0.3 is 5.97 Å². The van der Waals surface area contributed by atoms with E-state index in [1.165, 1.54) is 29.2 Å². The number of ketones is 1. The van der Waals surface area contributed by atoms with Crippen LogP contribution in [-0.4, -0.2) is 46.8 Å². The zero-order chi connectivity index (χ0) is 22.4. The van der Waals surface area contributed by atoms with Gasteiger partial charge in [-0.25, -0.2) is 9.18 Å². The van der Waals surface area contributed by atoms with Crippen molar-refractivity contribution >= 4 is 17.7 Å². The van der Waals surface area contributed by atoms with Gasteiger partial charge in [0.1, 0.15) is 11.5 Å². The Balaban J connectivity index is 2.38. The number of hydrogen-bond donors (Lipinski definition) is 0. The van der Waals surface area contributed by atoms with E-state index in [4.69, 9.17) is 4.74 Å². The summed E-state index contributed by atoms with van der Waals surface area (Å²) in [6.45, 7) is 9.98. The van der Waals surface area contributed by atoms with Crippen molar-refractivity contribution in [2.45, 2.75) is 47.6 Å². The van der Waals surface area contributed by atoms with Gasteiger partial charge in [-0.2, -0.15) is 0 Å². The molecule has 0 aliphatic carbocycles. The van der Waals surface area contributed by atoms with Crippen molar-refractivity contribution in [3.05, 3.63) is 58.2 Å². The summed E-state index contributed by atoms with van der Waals surface area (Å²) >= 11 is 0. The number of aromatic nitrogens is 1. The molecule has 30 heavy (non-hydrogen) atoms. The van der Waals surface area contributed by atoms with Crippen LogP contribution >= 0.6 is 0 Å². The SMILES string of the molecule is CCCN(CC(=O)c1c(C)c(C(=O)OCC)n(CC)c1C)C(=O)c1cccc(F)c1. The number of rotatable bonds is 9. The third kappa shape index (κ3) is 4.78. The summed E-state index contributed by atoms with van der Waals surface area (Å²) in [6, 6.07) is 5.43. The molecule has 0 fully saturated rings. The maximum absolute atomic E-state index is 13.6. The average Bonchev–Trinajstić information content (AvgIpc) is 2.96. The van der Waals surface area contributed by atoms with Crippen LogP contribution in [0.15, 0.2) is 24.3 Å². The van der Waals surface area contributed by atoms with E-state index in [0.29, 0.717) is 42.0 Å². The summed E-state index contributed by atoms with van der Waals surface area (Å²) in [7, 11) is 0. The summed E-state index contributed by atoms with van der Waals surface area (Å²) in [5.41, 5.74) is 2.19. The van der Waals surface area contributed by atoms with Crippen LogP contribution in [0.2, 0.25) is 0 Å². The van der Waals surface area contributed by atoms with E-state index in [9.17, 15) is 18.8 Å². The first-order valence-electron chi connectivity index (χ1n) is 10.2. The van der Waals surface area contributed by atoms with Crippen molar-refractivity contribution < 1.29 is 23.5 Å². The normalized spacial score (nSPS) is 10.7. The van der Waals surface area contributed by atoms with Gasteiger partial charge in [0, 0.05) is 29.9 Å². The predicted molar refractivity (Wildman–Crippen MR) is 112 cm³/mol. The van der Waals surface area contributed by atoms with E-state index < -0.39 is 17.7 Å². The molecule has 7 heteroatoms. The van der Waals surface area contributed by atoms with Crippen LogP contribution in [-0.2, 0) is 11.3 Å². The molecule has 162 valence electrons. The van der Waals surface area contributed by atoms with E-state index in [1.54, 1.807) is 25.3 Å². The summed E-state index contributed by atoms with van der Waals surface area (Å²) in [5.74, 6) is -1.64. The maximum atomic E-state index is 13.6. The summed E-state index contributed by atoms with van der Waals surface area (Å²) in [4.78, 5) is 39.9. The molecule has 0 aliphatic heterocycles. The number of amides is 1. The van der Waals surface area contributed by atoms with Gasteiger partial charge in [0.05, 0.1) is 13.2 Å². The molecule has 0 bridgehead atoms. The number of hydrogen-bond acceptors (Lipinski definition) is 4. The second kappa shape index (κ2) is 10.2. The first-order valence-corrected chi connectivity index (χ1v) is 10.2. The molecule has 0 radical (unpaired) electrons. The minimum Gasteiger partial charge on any atom is -0.461 e. The molecule has 0 spiro atoms. The third-order valence-corrected chi connectivity index (χ3v) is 5.02. The highest BCUT2D eigenvalue weighted by molar-refractivity contribution is 6.06. The van der Waals surface area contributed by atoms with Crippen molar-refractivity contribution in [1.29, 1.82) is 0 Å². The molecule has 1 aromatic heterocycles. The van der Waals surface area contributed by atoms with E-state index in [2.05, 4.69) is 0 Å². The van der Waals surface area contributed by atoms with Gasteiger partial charge in [-0.05, 0) is 57.9 Å². The van der Waals surface area contributed by atoms with Gasteiger partial charge in [0.2, 0.25) is 0 Å². The van der Waals surface area contributed by atoms with Crippen LogP contribution in [0.4, 0.5) is 4.39 Å². The largest absolute Gasteiger partial charge is 0.461 e. The number of benzene rings is 1. The number of halogens is 1. The first kappa shape index (κ1) is 23.3. The smallest absolute Gasteiger partial charge is 0.355 e. The molecular formula is C23H29FN2O4. The Morgan fingerprint density at radius 2 is 1.83 bits per heavy atom. The molecule has 0 aliphatic rings. The Morgan fingerprint density at radius 3 is 2.40 bits per heavy atom. The van der Waals surface area contributed by atoms with Crippen molar-refractivity contribution in [2.24, 2.45) is 0 Å². The number of Topliss-reactive ketones (excluding diaryl/α,β-unsaturated/α-hetero) is 1. The van der Waals surface area contributed by atoms with Gasteiger partial charge in [0.25, 0.3) is 5.91 Å². The van der Waals surface area contributed by atoms with Crippen LogP contribution in [0.5, 0.6) is 0 Å². The van der Waals surface area contributed by atoms with E-state index in [0.717, 1.165) is 0 Å². The third-order valence-electron chi connectivity index (χ3n) is 5.02. The van der Waals surface area contributed by atoms with Crippen LogP contribution in [0.3, 0.4) is 0 Å². The van der Waals surface area contributed by atoms with Gasteiger partial charge in [0.15, 0.2) is 5.78 Å². The van der Waals surface area contributed by atoms with Gasteiger partial charge in [-0.3, -0.25) is 9.59 Å². The molecule has 0 saturated carbocycles. The minimum atomic E-state index is -0.505. The van der Waals surface area contributed by atoms with Gasteiger partial charge < -0.3 is 14.2 Å². The lowest BCUT2D eigenvalue weighted by molar-refractivity contribution is 0.0512. The fourth-order valence-corrected chi connectivity index (χ4v) is 3.74. The first-order chi connectivity index (χ1) is 14.3. The molecular weight excluding hydrogens is 387 g/mol. The Labute approximate surface area is 176 Å². The standard InChI is InChI=1S/C23H29FN2O4/c1-6-12-25(22(28)17-10-9-11-18(24)13-17)14-19(27)20-15(4)21(23(29)30-8-3)26(7-2)16(20)5/h9-11,13H,6-8,12,14H2,1-5H3. The number of carbonyl (C=O) groups excluding carboxylic acids is 3. The molecule has 1 heterocycles. The van der Waals surface area contributed by atoms with Crippen molar-refractivity contribution in [1.82, 2.24) is 9.47 Å². The molecule has 1 amide bonds. The average molecular weight is 416 g/mol. The van der Waals surface area contributed by atoms with E-state index in [1.807, 2.05) is 13.8 Å². The molecule has 0 N–H and O–H groups in total. The second-order valence-electron chi connectivity index (χ2n) is 7.06. The lowest BCUT2D eigenvalue weighted by atomic mass is 10.0. The highest BCUT2D eigenvalue weighted by atomic mass is 19.1. The topological polar surface area (TPSA) is 68.6 Å². The molecule has 0 unspecified atom stereocenters. The Bertz CT molecular complexity index is 949. The molecule has 1 aromatic carbocycles. The predicted octanol–water partition coefficient (Wildman–Crippen LogP) is 4.18. The van der Waals surface area contributed by atoms with E-state index >= 15 is 0 Å². The van der Waals surface area contributed by atoms with E-state index in [-0.39, 0.29) is 24.5 Å². The van der Waals surface area contributed by atoms with Gasteiger partial charge in [-0.1, -0.05) is 13.0 Å². The highest BCUT2D eigenvalue weighted by Crippen LogP contribution is 2.24.